The molecule has 0 spiro atoms. The highest BCUT2D eigenvalue weighted by Gasteiger charge is 2.17. The van der Waals surface area contributed by atoms with Crippen molar-refractivity contribution in [3.05, 3.63) is 64.6 Å². The fourth-order valence-electron chi connectivity index (χ4n) is 3.31. The van der Waals surface area contributed by atoms with E-state index < -0.39 is 0 Å². The van der Waals surface area contributed by atoms with Crippen molar-refractivity contribution in [3.8, 4) is 0 Å². The van der Waals surface area contributed by atoms with Crippen LogP contribution in [0.1, 0.15) is 11.6 Å². The SMILES string of the molecule is O=c1[nH]c(CCN2CCN(Cc3ccco3)CC2)nc2ccccc12. The van der Waals surface area contributed by atoms with Gasteiger partial charge in [-0.15, -0.1) is 0 Å². The van der Waals surface area contributed by atoms with Crippen LogP contribution in [0.5, 0.6) is 0 Å². The van der Waals surface area contributed by atoms with E-state index in [1.165, 1.54) is 0 Å². The van der Waals surface area contributed by atoms with Crippen LogP contribution in [-0.2, 0) is 13.0 Å². The Kier molecular flexibility index (Phi) is 4.63. The van der Waals surface area contributed by atoms with Gasteiger partial charge in [-0.05, 0) is 24.3 Å². The van der Waals surface area contributed by atoms with E-state index >= 15 is 0 Å². The van der Waals surface area contributed by atoms with Gasteiger partial charge >= 0.3 is 0 Å². The quantitative estimate of drug-likeness (QED) is 0.769. The average Bonchev–Trinajstić information content (AvgIpc) is 3.14. The molecule has 1 saturated heterocycles. The molecule has 25 heavy (non-hydrogen) atoms. The zero-order chi connectivity index (χ0) is 17.1. The number of aromatic nitrogens is 2. The van der Waals surface area contributed by atoms with Crippen LogP contribution in [0.3, 0.4) is 0 Å². The van der Waals surface area contributed by atoms with Crippen LogP contribution in [0.15, 0.2) is 51.9 Å². The molecule has 0 atom stereocenters. The minimum absolute atomic E-state index is 0.0520. The zero-order valence-corrected chi connectivity index (χ0v) is 14.1. The first-order valence-corrected chi connectivity index (χ1v) is 8.73. The summed E-state index contributed by atoms with van der Waals surface area (Å²) in [5, 5.41) is 0.651. The molecule has 6 heteroatoms. The summed E-state index contributed by atoms with van der Waals surface area (Å²) in [4.78, 5) is 24.4. The van der Waals surface area contributed by atoms with Gasteiger partial charge in [0, 0.05) is 39.1 Å². The third-order valence-electron chi connectivity index (χ3n) is 4.75. The van der Waals surface area contributed by atoms with E-state index in [0.29, 0.717) is 5.39 Å². The molecule has 0 radical (unpaired) electrons. The van der Waals surface area contributed by atoms with Gasteiger partial charge in [0.15, 0.2) is 0 Å². The highest BCUT2D eigenvalue weighted by molar-refractivity contribution is 5.77. The number of piperazine rings is 1. The predicted octanol–water partition coefficient (Wildman–Crippen LogP) is 1.88. The Morgan fingerprint density at radius 2 is 1.84 bits per heavy atom. The molecule has 0 aliphatic carbocycles. The highest BCUT2D eigenvalue weighted by Crippen LogP contribution is 2.10. The molecular formula is C19H22N4O2. The van der Waals surface area contributed by atoms with Gasteiger partial charge in [0.25, 0.3) is 5.56 Å². The first-order valence-electron chi connectivity index (χ1n) is 8.73. The maximum Gasteiger partial charge on any atom is 0.258 e. The van der Waals surface area contributed by atoms with Crippen LogP contribution in [0.4, 0.5) is 0 Å². The number of rotatable bonds is 5. The minimum Gasteiger partial charge on any atom is -0.468 e. The van der Waals surface area contributed by atoms with Crippen molar-refractivity contribution in [2.45, 2.75) is 13.0 Å². The van der Waals surface area contributed by atoms with E-state index in [9.17, 15) is 4.79 Å². The Morgan fingerprint density at radius 3 is 2.64 bits per heavy atom. The molecule has 0 bridgehead atoms. The van der Waals surface area contributed by atoms with E-state index in [1.807, 2.05) is 36.4 Å². The van der Waals surface area contributed by atoms with Crippen LogP contribution in [0.25, 0.3) is 10.9 Å². The Labute approximate surface area is 146 Å². The molecule has 1 aromatic carbocycles. The number of H-pyrrole nitrogens is 1. The number of fused-ring (bicyclic) bond motifs is 1. The van der Waals surface area contributed by atoms with Crippen LogP contribution in [0.2, 0.25) is 0 Å². The number of nitrogens with one attached hydrogen (secondary N) is 1. The first-order chi connectivity index (χ1) is 12.3. The van der Waals surface area contributed by atoms with Crippen molar-refractivity contribution in [1.29, 1.82) is 0 Å². The van der Waals surface area contributed by atoms with Gasteiger partial charge < -0.3 is 14.3 Å². The fourth-order valence-corrected chi connectivity index (χ4v) is 3.31. The molecule has 3 heterocycles. The van der Waals surface area contributed by atoms with Crippen LogP contribution < -0.4 is 5.56 Å². The Morgan fingerprint density at radius 1 is 1.04 bits per heavy atom. The predicted molar refractivity (Wildman–Crippen MR) is 96.5 cm³/mol. The normalized spacial score (nSPS) is 16.5. The lowest BCUT2D eigenvalue weighted by atomic mass is 10.2. The van der Waals surface area contributed by atoms with Crippen molar-refractivity contribution in [1.82, 2.24) is 19.8 Å². The molecule has 2 aromatic heterocycles. The van der Waals surface area contributed by atoms with E-state index in [0.717, 1.165) is 62.8 Å². The van der Waals surface area contributed by atoms with Gasteiger partial charge in [-0.1, -0.05) is 12.1 Å². The maximum atomic E-state index is 12.1. The van der Waals surface area contributed by atoms with Crippen molar-refractivity contribution in [3.63, 3.8) is 0 Å². The number of hydrogen-bond acceptors (Lipinski definition) is 5. The number of hydrogen-bond donors (Lipinski definition) is 1. The summed E-state index contributed by atoms with van der Waals surface area (Å²) in [5.74, 6) is 1.79. The molecule has 6 nitrogen and oxygen atoms in total. The molecule has 1 aliphatic rings. The Balaban J connectivity index is 1.31. The third-order valence-corrected chi connectivity index (χ3v) is 4.75. The summed E-state index contributed by atoms with van der Waals surface area (Å²) >= 11 is 0. The Bertz CT molecular complexity index is 880. The minimum atomic E-state index is -0.0520. The molecule has 4 rings (SSSR count). The summed E-state index contributed by atoms with van der Waals surface area (Å²) in [6, 6.07) is 11.4. The lowest BCUT2D eigenvalue weighted by Crippen LogP contribution is -2.46. The van der Waals surface area contributed by atoms with Crippen molar-refractivity contribution in [2.24, 2.45) is 0 Å². The number of nitrogens with zero attached hydrogens (tertiary/aromatic N) is 3. The second kappa shape index (κ2) is 7.21. The average molecular weight is 338 g/mol. The molecule has 3 aromatic rings. The molecular weight excluding hydrogens is 316 g/mol. The van der Waals surface area contributed by atoms with Gasteiger partial charge in [0.05, 0.1) is 23.7 Å². The van der Waals surface area contributed by atoms with Gasteiger partial charge in [-0.2, -0.15) is 0 Å². The number of para-hydroxylation sites is 1. The van der Waals surface area contributed by atoms with Gasteiger partial charge in [-0.25, -0.2) is 4.98 Å². The van der Waals surface area contributed by atoms with E-state index in [2.05, 4.69) is 19.8 Å². The second-order valence-electron chi connectivity index (χ2n) is 6.48. The molecule has 1 N–H and O–H groups in total. The Hall–Kier alpha value is -2.44. The molecule has 1 fully saturated rings. The summed E-state index contributed by atoms with van der Waals surface area (Å²) < 4.78 is 5.42. The molecule has 1 aliphatic heterocycles. The lowest BCUT2D eigenvalue weighted by molar-refractivity contribution is 0.121. The molecule has 0 saturated carbocycles. The fraction of sp³-hybridized carbons (Fsp3) is 0.368. The standard InChI is InChI=1S/C19H22N4O2/c24-19-16-5-1-2-6-17(16)20-18(21-19)7-8-22-9-11-23(12-10-22)14-15-4-3-13-25-15/h1-6,13H,7-12,14H2,(H,20,21,24). The van der Waals surface area contributed by atoms with Crippen molar-refractivity contribution < 1.29 is 4.42 Å². The number of benzene rings is 1. The lowest BCUT2D eigenvalue weighted by Gasteiger charge is -2.34. The highest BCUT2D eigenvalue weighted by atomic mass is 16.3. The smallest absolute Gasteiger partial charge is 0.258 e. The zero-order valence-electron chi connectivity index (χ0n) is 14.1. The van der Waals surface area contributed by atoms with Crippen LogP contribution in [-0.4, -0.2) is 52.5 Å². The van der Waals surface area contributed by atoms with Crippen molar-refractivity contribution in [2.75, 3.05) is 32.7 Å². The van der Waals surface area contributed by atoms with E-state index in [4.69, 9.17) is 4.42 Å². The topological polar surface area (TPSA) is 65.4 Å². The third kappa shape index (κ3) is 3.81. The summed E-state index contributed by atoms with van der Waals surface area (Å²) in [5.41, 5.74) is 0.716. The van der Waals surface area contributed by atoms with Crippen LogP contribution >= 0.6 is 0 Å². The van der Waals surface area contributed by atoms with Gasteiger partial charge in [-0.3, -0.25) is 9.69 Å². The monoisotopic (exact) mass is 338 g/mol. The molecule has 130 valence electrons. The largest absolute Gasteiger partial charge is 0.468 e. The summed E-state index contributed by atoms with van der Waals surface area (Å²) in [6.07, 6.45) is 2.49. The van der Waals surface area contributed by atoms with Gasteiger partial charge in [0.2, 0.25) is 0 Å². The first kappa shape index (κ1) is 16.1. The molecule has 0 amide bonds. The number of furan rings is 1. The second-order valence-corrected chi connectivity index (χ2v) is 6.48. The molecule has 0 unspecified atom stereocenters. The van der Waals surface area contributed by atoms with E-state index in [1.54, 1.807) is 6.26 Å². The summed E-state index contributed by atoms with van der Waals surface area (Å²) in [6.45, 7) is 5.90. The number of aromatic amines is 1. The maximum absolute atomic E-state index is 12.1. The summed E-state index contributed by atoms with van der Waals surface area (Å²) in [7, 11) is 0. The van der Waals surface area contributed by atoms with Crippen molar-refractivity contribution >= 4 is 10.9 Å². The van der Waals surface area contributed by atoms with Crippen LogP contribution in [0, 0.1) is 0 Å². The van der Waals surface area contributed by atoms with E-state index in [-0.39, 0.29) is 5.56 Å². The van der Waals surface area contributed by atoms with Gasteiger partial charge in [0.1, 0.15) is 11.6 Å².